The van der Waals surface area contributed by atoms with Crippen LogP contribution in [0.2, 0.25) is 0 Å². The molecule has 0 saturated heterocycles. The lowest BCUT2D eigenvalue weighted by molar-refractivity contribution is 0.357. The van der Waals surface area contributed by atoms with E-state index in [2.05, 4.69) is 14.5 Å². The Morgan fingerprint density at radius 3 is 2.71 bits per heavy atom. The number of pyridine rings is 1. The minimum Gasteiger partial charge on any atom is -0.328 e. The maximum atomic E-state index is 12.1. The molecule has 4 nitrogen and oxygen atoms in total. The lowest BCUT2D eigenvalue weighted by Gasteiger charge is -2.26. The molecule has 21 heavy (non-hydrogen) atoms. The lowest BCUT2D eigenvalue weighted by atomic mass is 9.94. The van der Waals surface area contributed by atoms with Gasteiger partial charge in [0.25, 0.3) is 5.56 Å². The van der Waals surface area contributed by atoms with E-state index >= 15 is 0 Å². The summed E-state index contributed by atoms with van der Waals surface area (Å²) in [4.78, 5) is 20.5. The van der Waals surface area contributed by atoms with Crippen molar-refractivity contribution < 1.29 is 0 Å². The molecule has 1 saturated carbocycles. The van der Waals surface area contributed by atoms with E-state index < -0.39 is 0 Å². The maximum absolute atomic E-state index is 12.1. The molecule has 4 heteroatoms. The summed E-state index contributed by atoms with van der Waals surface area (Å²) in [5.41, 5.74) is 2.80. The van der Waals surface area contributed by atoms with Crippen LogP contribution in [0, 0.1) is 6.92 Å². The standard InChI is InChI=1S/C17H21N3O/c1-3-7-14-12(2)18-10-15-16(14)20(11-19-17(15)21)13-8-5-4-6-9-13/h3,7,10-11,13H,4-6,8-9H2,1-2H3/b7-3-. The number of fused-ring (bicyclic) bond motifs is 1. The quantitative estimate of drug-likeness (QED) is 0.845. The Morgan fingerprint density at radius 1 is 1.24 bits per heavy atom. The van der Waals surface area contributed by atoms with Crippen LogP contribution in [0.5, 0.6) is 0 Å². The first kappa shape index (κ1) is 14.0. The molecular formula is C17H21N3O. The molecule has 0 bridgehead atoms. The number of allylic oxidation sites excluding steroid dienone is 1. The predicted octanol–water partition coefficient (Wildman–Crippen LogP) is 3.64. The molecule has 110 valence electrons. The zero-order valence-electron chi connectivity index (χ0n) is 12.7. The van der Waals surface area contributed by atoms with Crippen molar-refractivity contribution in [1.29, 1.82) is 0 Å². The molecule has 0 amide bonds. The van der Waals surface area contributed by atoms with Crippen LogP contribution in [0.4, 0.5) is 0 Å². The summed E-state index contributed by atoms with van der Waals surface area (Å²) in [5, 5.41) is 0.627. The number of aryl methyl sites for hydroxylation is 1. The Morgan fingerprint density at radius 2 is 2.00 bits per heavy atom. The number of nitrogens with zero attached hydrogens (tertiary/aromatic N) is 3. The third-order valence-electron chi connectivity index (χ3n) is 4.38. The average molecular weight is 283 g/mol. The number of hydrogen-bond acceptors (Lipinski definition) is 3. The molecule has 1 aliphatic carbocycles. The second kappa shape index (κ2) is 5.80. The Kier molecular flexibility index (Phi) is 3.86. The number of aromatic nitrogens is 3. The van der Waals surface area contributed by atoms with Gasteiger partial charge in [-0.15, -0.1) is 0 Å². The van der Waals surface area contributed by atoms with Gasteiger partial charge in [-0.1, -0.05) is 31.4 Å². The second-order valence-corrected chi connectivity index (χ2v) is 5.77. The van der Waals surface area contributed by atoms with Gasteiger partial charge >= 0.3 is 0 Å². The van der Waals surface area contributed by atoms with E-state index in [4.69, 9.17) is 0 Å². The smallest absolute Gasteiger partial charge is 0.282 e. The summed E-state index contributed by atoms with van der Waals surface area (Å²) < 4.78 is 2.21. The number of rotatable bonds is 2. The minimum atomic E-state index is -0.185. The summed E-state index contributed by atoms with van der Waals surface area (Å²) in [6.07, 6.45) is 13.6. The summed E-state index contributed by atoms with van der Waals surface area (Å²) in [7, 11) is 0. The van der Waals surface area contributed by atoms with Crippen LogP contribution in [0.15, 0.2) is 23.4 Å². The largest absolute Gasteiger partial charge is 0.328 e. The molecule has 0 aromatic carbocycles. The summed E-state index contributed by atoms with van der Waals surface area (Å²) in [5.74, 6) is 0. The van der Waals surface area contributed by atoms with Crippen molar-refractivity contribution >= 4 is 17.0 Å². The van der Waals surface area contributed by atoms with Crippen LogP contribution in [0.3, 0.4) is 0 Å². The first-order valence-electron chi connectivity index (χ1n) is 7.71. The average Bonchev–Trinajstić information content (AvgIpc) is 2.51. The second-order valence-electron chi connectivity index (χ2n) is 5.77. The normalized spacial score (nSPS) is 16.9. The maximum Gasteiger partial charge on any atom is 0.282 e. The molecule has 2 heterocycles. The fourth-order valence-electron chi connectivity index (χ4n) is 3.29. The zero-order chi connectivity index (χ0) is 14.8. The molecule has 0 spiro atoms. The zero-order valence-corrected chi connectivity index (χ0v) is 12.7. The van der Waals surface area contributed by atoms with E-state index in [1.165, 1.54) is 19.3 Å². The lowest BCUT2D eigenvalue weighted by Crippen LogP contribution is -2.20. The van der Waals surface area contributed by atoms with Crippen LogP contribution >= 0.6 is 0 Å². The Bertz CT molecular complexity index is 740. The highest BCUT2D eigenvalue weighted by atomic mass is 16.1. The summed E-state index contributed by atoms with van der Waals surface area (Å²) in [6, 6.07) is 0.445. The van der Waals surface area contributed by atoms with Crippen molar-refractivity contribution in [3.05, 3.63) is 40.2 Å². The van der Waals surface area contributed by atoms with E-state index in [1.807, 2.05) is 26.0 Å². The molecule has 2 aromatic heterocycles. The predicted molar refractivity (Wildman–Crippen MR) is 85.4 cm³/mol. The fraction of sp³-hybridized carbons (Fsp3) is 0.471. The van der Waals surface area contributed by atoms with Crippen molar-refractivity contribution in [2.24, 2.45) is 0 Å². The molecule has 1 aliphatic rings. The van der Waals surface area contributed by atoms with E-state index in [0.29, 0.717) is 11.4 Å². The molecule has 0 N–H and O–H groups in total. The van der Waals surface area contributed by atoms with Crippen LogP contribution in [0.1, 0.15) is 56.3 Å². The van der Waals surface area contributed by atoms with Crippen LogP contribution in [-0.2, 0) is 0 Å². The first-order chi connectivity index (χ1) is 10.2. The third kappa shape index (κ3) is 2.50. The van der Waals surface area contributed by atoms with E-state index in [0.717, 1.165) is 29.6 Å². The fourth-order valence-corrected chi connectivity index (χ4v) is 3.29. The van der Waals surface area contributed by atoms with Crippen molar-refractivity contribution in [2.75, 3.05) is 0 Å². The van der Waals surface area contributed by atoms with E-state index in [1.54, 1.807) is 12.5 Å². The topological polar surface area (TPSA) is 47.8 Å². The van der Waals surface area contributed by atoms with Gasteiger partial charge in [-0.2, -0.15) is 4.98 Å². The molecular weight excluding hydrogens is 262 g/mol. The number of hydrogen-bond donors (Lipinski definition) is 0. The van der Waals surface area contributed by atoms with Gasteiger partial charge in [0.15, 0.2) is 0 Å². The summed E-state index contributed by atoms with van der Waals surface area (Å²) in [6.45, 7) is 3.98. The van der Waals surface area contributed by atoms with Crippen molar-refractivity contribution in [2.45, 2.75) is 52.0 Å². The Labute approximate surface area is 124 Å². The Balaban J connectivity index is 2.31. The molecule has 2 aromatic rings. The van der Waals surface area contributed by atoms with Crippen molar-refractivity contribution in [3.63, 3.8) is 0 Å². The van der Waals surface area contributed by atoms with Gasteiger partial charge in [-0.3, -0.25) is 9.78 Å². The molecule has 0 unspecified atom stereocenters. The van der Waals surface area contributed by atoms with Gasteiger partial charge in [0.2, 0.25) is 0 Å². The van der Waals surface area contributed by atoms with Gasteiger partial charge in [-0.25, -0.2) is 0 Å². The van der Waals surface area contributed by atoms with Gasteiger partial charge in [0.1, 0.15) is 0 Å². The molecule has 0 atom stereocenters. The summed E-state index contributed by atoms with van der Waals surface area (Å²) >= 11 is 0. The van der Waals surface area contributed by atoms with Gasteiger partial charge in [-0.05, 0) is 26.7 Å². The molecule has 0 aliphatic heterocycles. The van der Waals surface area contributed by atoms with E-state index in [9.17, 15) is 4.79 Å². The SMILES string of the molecule is C/C=C\c1c(C)ncc2c(=O)ncn(C3CCCCC3)c12. The first-order valence-corrected chi connectivity index (χ1v) is 7.71. The van der Waals surface area contributed by atoms with Crippen molar-refractivity contribution in [3.8, 4) is 0 Å². The molecule has 3 rings (SSSR count). The van der Waals surface area contributed by atoms with Crippen molar-refractivity contribution in [1.82, 2.24) is 14.5 Å². The highest BCUT2D eigenvalue weighted by Crippen LogP contribution is 2.31. The monoisotopic (exact) mass is 283 g/mol. The van der Waals surface area contributed by atoms with Crippen LogP contribution < -0.4 is 5.56 Å². The minimum absolute atomic E-state index is 0.185. The molecule has 0 radical (unpaired) electrons. The Hall–Kier alpha value is -1.97. The van der Waals surface area contributed by atoms with Gasteiger partial charge in [0, 0.05) is 23.5 Å². The van der Waals surface area contributed by atoms with Gasteiger partial charge in [0.05, 0.1) is 17.2 Å². The van der Waals surface area contributed by atoms with E-state index in [-0.39, 0.29) is 5.56 Å². The van der Waals surface area contributed by atoms with Crippen LogP contribution in [0.25, 0.3) is 17.0 Å². The molecule has 1 fully saturated rings. The van der Waals surface area contributed by atoms with Gasteiger partial charge < -0.3 is 4.57 Å². The highest BCUT2D eigenvalue weighted by Gasteiger charge is 2.19. The third-order valence-corrected chi connectivity index (χ3v) is 4.38. The highest BCUT2D eigenvalue weighted by molar-refractivity contribution is 5.87. The van der Waals surface area contributed by atoms with Crippen LogP contribution in [-0.4, -0.2) is 14.5 Å².